The lowest BCUT2D eigenvalue weighted by Crippen LogP contribution is -2.36. The topological polar surface area (TPSA) is 49.9 Å². The molecule has 1 atom stereocenters. The van der Waals surface area contributed by atoms with Gasteiger partial charge in [0.2, 0.25) is 0 Å². The predicted molar refractivity (Wildman–Crippen MR) is 201 cm³/mol. The summed E-state index contributed by atoms with van der Waals surface area (Å²) in [5.74, 6) is 1.61. The molecule has 2 aromatic heterocycles. The first kappa shape index (κ1) is 27.1. The van der Waals surface area contributed by atoms with Crippen LogP contribution in [0, 0.1) is 0 Å². The molecule has 4 nitrogen and oxygen atoms in total. The summed E-state index contributed by atoms with van der Waals surface area (Å²) < 4.78 is 8.82. The van der Waals surface area contributed by atoms with E-state index in [2.05, 4.69) is 127 Å². The Morgan fingerprint density at radius 2 is 1.12 bits per heavy atom. The quantitative estimate of drug-likeness (QED) is 0.210. The fourth-order valence-corrected chi connectivity index (χ4v) is 8.22. The third-order valence-electron chi connectivity index (χ3n) is 9.36. The highest BCUT2D eigenvalue weighted by Gasteiger charge is 2.23. The van der Waals surface area contributed by atoms with Gasteiger partial charge in [0.15, 0.2) is 6.17 Å². The number of thiophene rings is 1. The number of rotatable bonds is 4. The normalized spacial score (nSPS) is 14.9. The Morgan fingerprint density at radius 1 is 0.479 bits per heavy atom. The second-order valence-corrected chi connectivity index (χ2v) is 13.2. The van der Waals surface area contributed by atoms with Gasteiger partial charge in [-0.05, 0) is 57.8 Å². The second kappa shape index (κ2) is 10.8. The number of para-hydroxylation sites is 1. The summed E-state index contributed by atoms with van der Waals surface area (Å²) in [6, 6.07) is 53.2. The van der Waals surface area contributed by atoms with Crippen LogP contribution < -0.4 is 5.32 Å². The first-order valence-corrected chi connectivity index (χ1v) is 16.9. The van der Waals surface area contributed by atoms with Gasteiger partial charge in [0.05, 0.1) is 0 Å². The van der Waals surface area contributed by atoms with E-state index in [0.29, 0.717) is 0 Å². The minimum Gasteiger partial charge on any atom is -0.456 e. The molecule has 0 saturated carbocycles. The molecule has 10 rings (SSSR count). The molecular weight excluding hydrogens is 607 g/mol. The van der Waals surface area contributed by atoms with E-state index in [1.807, 2.05) is 41.7 Å². The monoisotopic (exact) mass is 633 g/mol. The zero-order valence-corrected chi connectivity index (χ0v) is 26.5. The van der Waals surface area contributed by atoms with Crippen molar-refractivity contribution in [3.63, 3.8) is 0 Å². The van der Waals surface area contributed by atoms with Gasteiger partial charge < -0.3 is 9.73 Å². The van der Waals surface area contributed by atoms with Crippen molar-refractivity contribution >= 4 is 75.9 Å². The minimum atomic E-state index is -0.399. The van der Waals surface area contributed by atoms with Gasteiger partial charge in [-0.1, -0.05) is 121 Å². The van der Waals surface area contributed by atoms with Crippen LogP contribution in [0.3, 0.4) is 0 Å². The van der Waals surface area contributed by atoms with Crippen LogP contribution in [0.2, 0.25) is 0 Å². The molecule has 1 unspecified atom stereocenters. The summed E-state index contributed by atoms with van der Waals surface area (Å²) in [6.07, 6.45) is -0.399. The van der Waals surface area contributed by atoms with Crippen LogP contribution in [0.15, 0.2) is 166 Å². The van der Waals surface area contributed by atoms with Crippen molar-refractivity contribution in [2.45, 2.75) is 6.17 Å². The van der Waals surface area contributed by atoms with Crippen molar-refractivity contribution in [1.82, 2.24) is 5.32 Å². The molecule has 0 radical (unpaired) electrons. The smallest absolute Gasteiger partial charge is 0.169 e. The zero-order valence-electron chi connectivity index (χ0n) is 25.7. The maximum Gasteiger partial charge on any atom is 0.169 e. The van der Waals surface area contributed by atoms with Gasteiger partial charge in [-0.2, -0.15) is 0 Å². The Kier molecular flexibility index (Phi) is 6.08. The Hall–Kier alpha value is -6.04. The van der Waals surface area contributed by atoms with Crippen LogP contribution in [-0.2, 0) is 0 Å². The number of nitrogens with zero attached hydrogens (tertiary/aromatic N) is 2. The van der Waals surface area contributed by atoms with Gasteiger partial charge in [0.25, 0.3) is 0 Å². The van der Waals surface area contributed by atoms with E-state index in [0.717, 1.165) is 72.2 Å². The van der Waals surface area contributed by atoms with E-state index >= 15 is 0 Å². The lowest BCUT2D eigenvalue weighted by Gasteiger charge is -2.23. The lowest BCUT2D eigenvalue weighted by atomic mass is 9.92. The SMILES string of the molecule is c1ccc(C2=NC(c3ccc4sc5ccccc5c4c3)N=C(c3cccc4c(-c5cccc6oc7ccccc7c56)cccc34)N2)cc1. The summed E-state index contributed by atoms with van der Waals surface area (Å²) >= 11 is 1.82. The first-order valence-electron chi connectivity index (χ1n) is 16.1. The van der Waals surface area contributed by atoms with Crippen molar-refractivity contribution in [2.75, 3.05) is 0 Å². The molecule has 0 fully saturated rings. The van der Waals surface area contributed by atoms with E-state index in [1.165, 1.54) is 20.2 Å². The molecule has 5 heteroatoms. The van der Waals surface area contributed by atoms with Crippen molar-refractivity contribution < 1.29 is 4.42 Å². The Balaban J connectivity index is 1.15. The predicted octanol–water partition coefficient (Wildman–Crippen LogP) is 11.3. The van der Waals surface area contributed by atoms with Crippen LogP contribution in [0.4, 0.5) is 0 Å². The van der Waals surface area contributed by atoms with Gasteiger partial charge in [-0.3, -0.25) is 0 Å². The summed E-state index contributed by atoms with van der Waals surface area (Å²) in [6.45, 7) is 0. The Labute approximate surface area is 280 Å². The molecule has 0 spiro atoms. The Morgan fingerprint density at radius 3 is 2.02 bits per heavy atom. The third-order valence-corrected chi connectivity index (χ3v) is 10.5. The van der Waals surface area contributed by atoms with Gasteiger partial charge in [0, 0.05) is 42.1 Å². The van der Waals surface area contributed by atoms with Crippen LogP contribution in [0.1, 0.15) is 22.9 Å². The number of hydrogen-bond acceptors (Lipinski definition) is 5. The Bertz CT molecular complexity index is 2770. The van der Waals surface area contributed by atoms with Crippen molar-refractivity contribution in [1.29, 1.82) is 0 Å². The zero-order chi connectivity index (χ0) is 31.6. The summed E-state index contributed by atoms with van der Waals surface area (Å²) in [5.41, 5.74) is 7.23. The fraction of sp³-hybridized carbons (Fsp3) is 0.0233. The van der Waals surface area contributed by atoms with E-state index in [9.17, 15) is 0 Å². The third kappa shape index (κ3) is 4.29. The number of furan rings is 1. The standard InChI is InChI=1S/C43H27N3OS/c1-2-11-26(12-3-1)41-44-42(27-23-24-39-35(25-27)31-13-5-7-22-38(31)48-39)46-43(45-41)33-19-9-15-28-29(16-8-17-30(28)33)32-18-10-21-37-40(32)34-14-4-6-20-36(34)47-37/h1-25,42H,(H,44,45,46). The fourth-order valence-electron chi connectivity index (χ4n) is 7.13. The summed E-state index contributed by atoms with van der Waals surface area (Å²) in [5, 5.41) is 10.7. The average molecular weight is 634 g/mol. The molecule has 9 aromatic rings. The summed E-state index contributed by atoms with van der Waals surface area (Å²) in [4.78, 5) is 10.5. The molecule has 7 aromatic carbocycles. The molecule has 1 N–H and O–H groups in total. The largest absolute Gasteiger partial charge is 0.456 e. The van der Waals surface area contributed by atoms with Crippen LogP contribution in [0.25, 0.3) is 64.0 Å². The molecule has 0 aliphatic carbocycles. The average Bonchev–Trinajstić information content (AvgIpc) is 3.73. The van der Waals surface area contributed by atoms with Crippen molar-refractivity contribution in [3.05, 3.63) is 168 Å². The van der Waals surface area contributed by atoms with Crippen LogP contribution >= 0.6 is 11.3 Å². The van der Waals surface area contributed by atoms with Gasteiger partial charge >= 0.3 is 0 Å². The van der Waals surface area contributed by atoms with E-state index in [-0.39, 0.29) is 0 Å². The highest BCUT2D eigenvalue weighted by Crippen LogP contribution is 2.40. The highest BCUT2D eigenvalue weighted by atomic mass is 32.1. The molecule has 3 heterocycles. The molecule has 226 valence electrons. The van der Waals surface area contributed by atoms with Crippen LogP contribution in [0.5, 0.6) is 0 Å². The number of aliphatic imine (C=N–C) groups is 2. The van der Waals surface area contributed by atoms with Gasteiger partial charge in [-0.15, -0.1) is 11.3 Å². The molecule has 1 aliphatic heterocycles. The maximum atomic E-state index is 6.26. The minimum absolute atomic E-state index is 0.399. The van der Waals surface area contributed by atoms with Gasteiger partial charge in [-0.25, -0.2) is 9.98 Å². The number of amidine groups is 2. The molecule has 0 bridgehead atoms. The first-order chi connectivity index (χ1) is 23.8. The number of fused-ring (bicyclic) bond motifs is 7. The molecule has 48 heavy (non-hydrogen) atoms. The van der Waals surface area contributed by atoms with Crippen molar-refractivity contribution in [3.8, 4) is 11.1 Å². The number of hydrogen-bond donors (Lipinski definition) is 1. The molecule has 0 saturated heterocycles. The molecular formula is C43H27N3OS. The molecule has 1 aliphatic rings. The van der Waals surface area contributed by atoms with E-state index in [4.69, 9.17) is 14.4 Å². The number of nitrogens with one attached hydrogen (secondary N) is 1. The summed E-state index contributed by atoms with van der Waals surface area (Å²) in [7, 11) is 0. The maximum absolute atomic E-state index is 6.26. The van der Waals surface area contributed by atoms with Gasteiger partial charge in [0.1, 0.15) is 22.8 Å². The molecule has 0 amide bonds. The lowest BCUT2D eigenvalue weighted by molar-refractivity contribution is 0.669. The highest BCUT2D eigenvalue weighted by molar-refractivity contribution is 7.25. The van der Waals surface area contributed by atoms with E-state index < -0.39 is 6.17 Å². The van der Waals surface area contributed by atoms with Crippen LogP contribution in [-0.4, -0.2) is 11.7 Å². The number of benzene rings is 7. The van der Waals surface area contributed by atoms with E-state index in [1.54, 1.807) is 0 Å². The van der Waals surface area contributed by atoms with Crippen molar-refractivity contribution in [2.24, 2.45) is 9.98 Å². The second-order valence-electron chi connectivity index (χ2n) is 12.2.